The number of carbonyl (C=O) groups is 3. The van der Waals surface area contributed by atoms with Gasteiger partial charge in [-0.3, -0.25) is 19.3 Å². The number of nitrogens with zero attached hydrogens (tertiary/aromatic N) is 2. The van der Waals surface area contributed by atoms with Crippen LogP contribution < -0.4 is 0 Å². The van der Waals surface area contributed by atoms with Crippen LogP contribution in [0.1, 0.15) is 50.9 Å². The number of fused-ring (bicyclic) bond motifs is 1. The first-order valence-electron chi connectivity index (χ1n) is 9.61. The highest BCUT2D eigenvalue weighted by Crippen LogP contribution is 2.69. The van der Waals surface area contributed by atoms with E-state index < -0.39 is 0 Å². The van der Waals surface area contributed by atoms with E-state index >= 15 is 0 Å². The first kappa shape index (κ1) is 18.0. The van der Waals surface area contributed by atoms with Crippen LogP contribution in [0.4, 0.5) is 0 Å². The Morgan fingerprint density at radius 2 is 1.59 bits per heavy atom. The fourth-order valence-corrected chi connectivity index (χ4v) is 4.72. The highest BCUT2D eigenvalue weighted by Gasteiger charge is 2.68. The van der Waals surface area contributed by atoms with Crippen molar-refractivity contribution in [2.24, 2.45) is 16.7 Å². The molecule has 0 atom stereocenters. The van der Waals surface area contributed by atoms with E-state index in [0.717, 1.165) is 16.5 Å². The average Bonchev–Trinajstić information content (AvgIpc) is 2.93. The zero-order valence-electron chi connectivity index (χ0n) is 16.4. The first-order valence-corrected chi connectivity index (χ1v) is 9.61. The van der Waals surface area contributed by atoms with E-state index in [4.69, 9.17) is 0 Å². The smallest absolute Gasteiger partial charge is 0.229 e. The molecule has 5 heteroatoms. The predicted octanol–water partition coefficient (Wildman–Crippen LogP) is 3.66. The monoisotopic (exact) mass is 366 g/mol. The number of Topliss-reactive ketones (excluding diaryl/α,β-unsaturated/α-hetero) is 1. The van der Waals surface area contributed by atoms with E-state index in [1.54, 1.807) is 0 Å². The van der Waals surface area contributed by atoms with Gasteiger partial charge in [-0.2, -0.15) is 0 Å². The van der Waals surface area contributed by atoms with Gasteiger partial charge >= 0.3 is 0 Å². The molecular weight excluding hydrogens is 340 g/mol. The molecule has 0 radical (unpaired) electrons. The van der Waals surface area contributed by atoms with Gasteiger partial charge < -0.3 is 4.57 Å². The Morgan fingerprint density at radius 3 is 2.19 bits per heavy atom. The van der Waals surface area contributed by atoms with Crippen LogP contribution in [0.5, 0.6) is 0 Å². The maximum atomic E-state index is 13.3. The molecule has 1 saturated carbocycles. The summed E-state index contributed by atoms with van der Waals surface area (Å²) in [6.45, 7) is 9.46. The number of ketones is 1. The van der Waals surface area contributed by atoms with Crippen molar-refractivity contribution in [3.63, 3.8) is 0 Å². The quantitative estimate of drug-likeness (QED) is 0.599. The molecule has 0 bridgehead atoms. The predicted molar refractivity (Wildman–Crippen MR) is 103 cm³/mol. The summed E-state index contributed by atoms with van der Waals surface area (Å²) in [5.41, 5.74) is 1.69. The number of hydrogen-bond acceptors (Lipinski definition) is 3. The molecule has 1 aromatic heterocycles. The largest absolute Gasteiger partial charge is 0.345 e. The minimum atomic E-state index is -0.103. The molecule has 4 rings (SSSR count). The average molecular weight is 366 g/mol. The van der Waals surface area contributed by atoms with Gasteiger partial charge in [-0.05, 0) is 16.9 Å². The lowest BCUT2D eigenvalue weighted by molar-refractivity contribution is -0.138. The fourth-order valence-electron chi connectivity index (χ4n) is 4.72. The van der Waals surface area contributed by atoms with Crippen molar-refractivity contribution in [1.29, 1.82) is 0 Å². The SMILES string of the molecule is CC1(C)C(C(=O)c2cn(CCN3C(=O)CCC3=O)c3ccccc23)C1(C)C. The maximum absolute atomic E-state index is 13.3. The van der Waals surface area contributed by atoms with Crippen LogP contribution in [-0.2, 0) is 16.1 Å². The summed E-state index contributed by atoms with van der Waals surface area (Å²) >= 11 is 0. The Morgan fingerprint density at radius 1 is 1.00 bits per heavy atom. The van der Waals surface area contributed by atoms with Gasteiger partial charge in [0.25, 0.3) is 0 Å². The number of amides is 2. The van der Waals surface area contributed by atoms with Crippen LogP contribution in [0.15, 0.2) is 30.5 Å². The van der Waals surface area contributed by atoms with Crippen molar-refractivity contribution in [3.8, 4) is 0 Å². The lowest BCUT2D eigenvalue weighted by atomic mass is 10.0. The number of hydrogen-bond donors (Lipinski definition) is 0. The Balaban J connectivity index is 1.65. The van der Waals surface area contributed by atoms with Crippen LogP contribution in [0.25, 0.3) is 10.9 Å². The summed E-state index contributed by atoms with van der Waals surface area (Å²) in [5, 5.41) is 0.945. The van der Waals surface area contributed by atoms with Gasteiger partial charge in [-0.15, -0.1) is 0 Å². The topological polar surface area (TPSA) is 59.4 Å². The molecule has 1 aliphatic carbocycles. The third-order valence-electron chi connectivity index (χ3n) is 7.06. The summed E-state index contributed by atoms with van der Waals surface area (Å²) < 4.78 is 2.00. The Bertz CT molecular complexity index is 937. The molecule has 0 N–H and O–H groups in total. The van der Waals surface area contributed by atoms with Crippen molar-refractivity contribution >= 4 is 28.5 Å². The minimum Gasteiger partial charge on any atom is -0.345 e. The molecule has 27 heavy (non-hydrogen) atoms. The maximum Gasteiger partial charge on any atom is 0.229 e. The molecule has 0 unspecified atom stereocenters. The molecule has 2 aliphatic rings. The molecule has 5 nitrogen and oxygen atoms in total. The van der Waals surface area contributed by atoms with Crippen molar-refractivity contribution in [3.05, 3.63) is 36.0 Å². The number of likely N-dealkylation sites (tertiary alicyclic amines) is 1. The van der Waals surface area contributed by atoms with Crippen molar-refractivity contribution in [1.82, 2.24) is 9.47 Å². The molecule has 1 aliphatic heterocycles. The van der Waals surface area contributed by atoms with E-state index in [0.29, 0.717) is 25.9 Å². The molecular formula is C22H26N2O3. The second-order valence-corrected chi connectivity index (χ2v) is 8.93. The number of para-hydroxylation sites is 1. The molecule has 2 fully saturated rings. The normalized spacial score (nSPS) is 21.3. The second kappa shape index (κ2) is 5.78. The van der Waals surface area contributed by atoms with Gasteiger partial charge in [0.05, 0.1) is 0 Å². The number of benzene rings is 1. The van der Waals surface area contributed by atoms with Crippen LogP contribution >= 0.6 is 0 Å². The molecule has 2 aromatic rings. The summed E-state index contributed by atoms with van der Waals surface area (Å²) in [4.78, 5) is 38.4. The Hall–Kier alpha value is -2.43. The van der Waals surface area contributed by atoms with Crippen LogP contribution in [-0.4, -0.2) is 33.6 Å². The Kier molecular flexibility index (Phi) is 3.85. The summed E-state index contributed by atoms with van der Waals surface area (Å²) in [6.07, 6.45) is 2.52. The first-order chi connectivity index (χ1) is 12.7. The fraction of sp³-hybridized carbons (Fsp3) is 0.500. The molecule has 0 spiro atoms. The summed E-state index contributed by atoms with van der Waals surface area (Å²) in [5.74, 6) is -0.0113. The van der Waals surface area contributed by atoms with Crippen molar-refractivity contribution < 1.29 is 14.4 Å². The lowest BCUT2D eigenvalue weighted by Gasteiger charge is -2.14. The van der Waals surface area contributed by atoms with Gasteiger partial charge in [-0.1, -0.05) is 45.9 Å². The summed E-state index contributed by atoms with van der Waals surface area (Å²) in [7, 11) is 0. The van der Waals surface area contributed by atoms with Gasteiger partial charge in [-0.25, -0.2) is 0 Å². The van der Waals surface area contributed by atoms with Crippen molar-refractivity contribution in [2.75, 3.05) is 6.54 Å². The van der Waals surface area contributed by atoms with E-state index in [2.05, 4.69) is 27.7 Å². The minimum absolute atomic E-state index is 0.00555. The number of aromatic nitrogens is 1. The molecule has 2 heterocycles. The summed E-state index contributed by atoms with van der Waals surface area (Å²) in [6, 6.07) is 7.86. The molecule has 1 aromatic carbocycles. The number of rotatable bonds is 5. The number of carbonyl (C=O) groups excluding carboxylic acids is 3. The second-order valence-electron chi connectivity index (χ2n) is 8.93. The highest BCUT2D eigenvalue weighted by molar-refractivity contribution is 6.11. The van der Waals surface area contributed by atoms with E-state index in [1.807, 2.05) is 35.0 Å². The Labute approximate surface area is 159 Å². The van der Waals surface area contributed by atoms with E-state index in [1.165, 1.54) is 4.90 Å². The van der Waals surface area contributed by atoms with Crippen LogP contribution in [0.2, 0.25) is 0 Å². The zero-order valence-corrected chi connectivity index (χ0v) is 16.4. The third kappa shape index (κ3) is 2.55. The van der Waals surface area contributed by atoms with Gasteiger partial charge in [0.15, 0.2) is 5.78 Å². The van der Waals surface area contributed by atoms with Gasteiger partial charge in [0.2, 0.25) is 11.8 Å². The number of imide groups is 1. The lowest BCUT2D eigenvalue weighted by Crippen LogP contribution is -2.32. The van der Waals surface area contributed by atoms with Gasteiger partial charge in [0, 0.05) is 54.5 Å². The van der Waals surface area contributed by atoms with Crippen LogP contribution in [0.3, 0.4) is 0 Å². The molecule has 1 saturated heterocycles. The standard InChI is InChI=1S/C22H26N2O3/c1-21(2)20(22(21,3)4)19(27)15-13-23(16-8-6-5-7-14(15)16)11-12-24-17(25)9-10-18(24)26/h5-8,13,20H,9-12H2,1-4H3. The van der Waals surface area contributed by atoms with E-state index in [-0.39, 0.29) is 34.3 Å². The molecule has 142 valence electrons. The zero-order chi connectivity index (χ0) is 19.6. The van der Waals surface area contributed by atoms with E-state index in [9.17, 15) is 14.4 Å². The highest BCUT2D eigenvalue weighted by atomic mass is 16.2. The molecule has 2 amide bonds. The van der Waals surface area contributed by atoms with Crippen LogP contribution in [0, 0.1) is 16.7 Å². The van der Waals surface area contributed by atoms with Crippen molar-refractivity contribution in [2.45, 2.75) is 47.1 Å². The third-order valence-corrected chi connectivity index (χ3v) is 7.06. The van der Waals surface area contributed by atoms with Gasteiger partial charge in [0.1, 0.15) is 0 Å².